The van der Waals surface area contributed by atoms with Gasteiger partial charge in [0.25, 0.3) is 5.91 Å². The van der Waals surface area contributed by atoms with Crippen molar-refractivity contribution in [1.29, 1.82) is 0 Å². The predicted octanol–water partition coefficient (Wildman–Crippen LogP) is 2.63. The van der Waals surface area contributed by atoms with Crippen molar-refractivity contribution >= 4 is 5.91 Å². The maximum Gasteiger partial charge on any atom is 0.274 e. The molecule has 0 fully saturated rings. The zero-order valence-corrected chi connectivity index (χ0v) is 15.3. The van der Waals surface area contributed by atoms with Crippen LogP contribution in [0.25, 0.3) is 0 Å². The second-order valence-electron chi connectivity index (χ2n) is 6.41. The summed E-state index contributed by atoms with van der Waals surface area (Å²) in [5.74, 6) is 0.0873. The van der Waals surface area contributed by atoms with Gasteiger partial charge in [0, 0.05) is 12.1 Å². The van der Waals surface area contributed by atoms with Crippen molar-refractivity contribution in [2.45, 2.75) is 25.8 Å². The highest BCUT2D eigenvalue weighted by Crippen LogP contribution is 2.27. The van der Waals surface area contributed by atoms with E-state index >= 15 is 0 Å². The topological polar surface area (TPSA) is 78.3 Å². The molecule has 0 spiro atoms. The molecule has 4 rings (SSSR count). The van der Waals surface area contributed by atoms with Crippen LogP contribution in [-0.2, 0) is 24.4 Å². The van der Waals surface area contributed by atoms with Gasteiger partial charge in [0.1, 0.15) is 17.7 Å². The lowest BCUT2D eigenvalue weighted by molar-refractivity contribution is -0.00180. The van der Waals surface area contributed by atoms with Crippen LogP contribution in [0.3, 0.4) is 0 Å². The molecule has 1 N–H and O–H groups in total. The Bertz CT molecular complexity index is 987. The van der Waals surface area contributed by atoms with Crippen molar-refractivity contribution in [3.63, 3.8) is 0 Å². The minimum absolute atomic E-state index is 0.201. The number of amides is 1. The number of aromatic nitrogens is 3. The van der Waals surface area contributed by atoms with Crippen LogP contribution in [0.5, 0.6) is 5.75 Å². The summed E-state index contributed by atoms with van der Waals surface area (Å²) in [6.07, 6.45) is -0.265. The fraction of sp³-hybridized carbons (Fsp3) is 0.250. The average molecular weight is 382 g/mol. The highest BCUT2D eigenvalue weighted by Gasteiger charge is 2.27. The second kappa shape index (κ2) is 7.77. The van der Waals surface area contributed by atoms with E-state index in [0.717, 1.165) is 11.1 Å². The van der Waals surface area contributed by atoms with Crippen molar-refractivity contribution in [2.24, 2.45) is 0 Å². The van der Waals surface area contributed by atoms with E-state index in [9.17, 15) is 9.18 Å². The Hall–Kier alpha value is -3.26. The molecular weight excluding hydrogens is 363 g/mol. The molecule has 1 atom stereocenters. The third-order valence-corrected chi connectivity index (χ3v) is 4.69. The molecule has 1 aliphatic rings. The summed E-state index contributed by atoms with van der Waals surface area (Å²) >= 11 is 0. The zero-order chi connectivity index (χ0) is 19.5. The van der Waals surface area contributed by atoms with E-state index < -0.39 is 0 Å². The summed E-state index contributed by atoms with van der Waals surface area (Å²) in [5.41, 5.74) is 2.58. The van der Waals surface area contributed by atoms with E-state index in [0.29, 0.717) is 24.5 Å². The lowest BCUT2D eigenvalue weighted by Crippen LogP contribution is -2.27. The SMILES string of the molecule is COc1ccccc1CNC(=O)c1nnn2c1CO[C@H](c1ccc(F)cc1)C2. The van der Waals surface area contributed by atoms with Crippen LogP contribution in [0.15, 0.2) is 48.5 Å². The summed E-state index contributed by atoms with van der Waals surface area (Å²) in [6, 6.07) is 13.6. The average Bonchev–Trinajstić information content (AvgIpc) is 3.16. The molecule has 0 saturated heterocycles. The number of fused-ring (bicyclic) bond motifs is 1. The van der Waals surface area contributed by atoms with Crippen LogP contribution < -0.4 is 10.1 Å². The van der Waals surface area contributed by atoms with Crippen molar-refractivity contribution < 1.29 is 18.7 Å². The quantitative estimate of drug-likeness (QED) is 0.734. The summed E-state index contributed by atoms with van der Waals surface area (Å²) in [5, 5.41) is 11.0. The summed E-state index contributed by atoms with van der Waals surface area (Å²) in [4.78, 5) is 12.6. The maximum absolute atomic E-state index is 13.1. The fourth-order valence-corrected chi connectivity index (χ4v) is 3.18. The van der Waals surface area contributed by atoms with Crippen LogP contribution >= 0.6 is 0 Å². The summed E-state index contributed by atoms with van der Waals surface area (Å²) in [7, 11) is 1.59. The lowest BCUT2D eigenvalue weighted by Gasteiger charge is -2.24. The number of ether oxygens (including phenoxy) is 2. The van der Waals surface area contributed by atoms with E-state index in [-0.39, 0.29) is 30.1 Å². The van der Waals surface area contributed by atoms with Crippen molar-refractivity contribution in [1.82, 2.24) is 20.3 Å². The largest absolute Gasteiger partial charge is 0.496 e. The molecular formula is C20H19FN4O3. The van der Waals surface area contributed by atoms with Gasteiger partial charge in [-0.2, -0.15) is 0 Å². The molecule has 144 valence electrons. The van der Waals surface area contributed by atoms with E-state index in [1.807, 2.05) is 24.3 Å². The number of hydrogen-bond acceptors (Lipinski definition) is 5. The van der Waals surface area contributed by atoms with E-state index in [1.165, 1.54) is 12.1 Å². The van der Waals surface area contributed by atoms with Gasteiger partial charge in [-0.05, 0) is 23.8 Å². The minimum atomic E-state index is -0.323. The van der Waals surface area contributed by atoms with E-state index in [4.69, 9.17) is 9.47 Å². The van der Waals surface area contributed by atoms with Gasteiger partial charge in [0.2, 0.25) is 0 Å². The highest BCUT2D eigenvalue weighted by molar-refractivity contribution is 5.93. The molecule has 1 aromatic heterocycles. The van der Waals surface area contributed by atoms with Crippen LogP contribution in [-0.4, -0.2) is 28.0 Å². The van der Waals surface area contributed by atoms with Gasteiger partial charge in [0.15, 0.2) is 5.69 Å². The zero-order valence-electron chi connectivity index (χ0n) is 15.3. The Labute approximate surface area is 161 Å². The summed E-state index contributed by atoms with van der Waals surface area (Å²) in [6.45, 7) is 0.925. The molecule has 1 amide bonds. The van der Waals surface area contributed by atoms with E-state index in [2.05, 4.69) is 15.6 Å². The number of hydrogen-bond donors (Lipinski definition) is 1. The Kier molecular flexibility index (Phi) is 5.03. The van der Waals surface area contributed by atoms with Gasteiger partial charge in [0.05, 0.1) is 26.0 Å². The molecule has 2 heterocycles. The van der Waals surface area contributed by atoms with Crippen molar-refractivity contribution in [3.8, 4) is 5.75 Å². The van der Waals surface area contributed by atoms with Crippen LogP contribution in [0.2, 0.25) is 0 Å². The first kappa shape index (κ1) is 18.1. The minimum Gasteiger partial charge on any atom is -0.496 e. The Morgan fingerprint density at radius 3 is 2.86 bits per heavy atom. The van der Waals surface area contributed by atoms with Crippen molar-refractivity contribution in [3.05, 3.63) is 76.9 Å². The third kappa shape index (κ3) is 3.59. The first-order valence-corrected chi connectivity index (χ1v) is 8.85. The maximum atomic E-state index is 13.1. The second-order valence-corrected chi connectivity index (χ2v) is 6.41. The van der Waals surface area contributed by atoms with Crippen LogP contribution in [0.4, 0.5) is 4.39 Å². The van der Waals surface area contributed by atoms with Crippen molar-refractivity contribution in [2.75, 3.05) is 7.11 Å². The van der Waals surface area contributed by atoms with Gasteiger partial charge < -0.3 is 14.8 Å². The molecule has 7 nitrogen and oxygen atoms in total. The number of para-hydroxylation sites is 1. The number of carbonyl (C=O) groups excluding carboxylic acids is 1. The number of nitrogens with zero attached hydrogens (tertiary/aromatic N) is 3. The monoisotopic (exact) mass is 382 g/mol. The molecule has 0 aliphatic carbocycles. The molecule has 2 aromatic carbocycles. The first-order chi connectivity index (χ1) is 13.7. The molecule has 0 unspecified atom stereocenters. The van der Waals surface area contributed by atoms with E-state index in [1.54, 1.807) is 23.9 Å². The number of halogens is 1. The van der Waals surface area contributed by atoms with Crippen LogP contribution in [0, 0.1) is 5.82 Å². The lowest BCUT2D eigenvalue weighted by atomic mass is 10.1. The molecule has 0 saturated carbocycles. The number of methoxy groups -OCH3 is 1. The molecule has 8 heteroatoms. The smallest absolute Gasteiger partial charge is 0.274 e. The highest BCUT2D eigenvalue weighted by atomic mass is 19.1. The molecule has 1 aliphatic heterocycles. The Morgan fingerprint density at radius 2 is 2.07 bits per heavy atom. The Morgan fingerprint density at radius 1 is 1.29 bits per heavy atom. The normalized spacial score (nSPS) is 15.7. The Balaban J connectivity index is 1.45. The van der Waals surface area contributed by atoms with Gasteiger partial charge in [-0.25, -0.2) is 9.07 Å². The number of rotatable bonds is 5. The number of carbonyl (C=O) groups is 1. The summed E-state index contributed by atoms with van der Waals surface area (Å²) < 4.78 is 25.9. The fourth-order valence-electron chi connectivity index (χ4n) is 3.18. The van der Waals surface area contributed by atoms with Gasteiger partial charge in [-0.1, -0.05) is 35.5 Å². The molecule has 3 aromatic rings. The first-order valence-electron chi connectivity index (χ1n) is 8.85. The number of nitrogens with one attached hydrogen (secondary N) is 1. The predicted molar refractivity (Wildman–Crippen MR) is 98.1 cm³/mol. The molecule has 0 bridgehead atoms. The molecule has 28 heavy (non-hydrogen) atoms. The van der Waals surface area contributed by atoms with Gasteiger partial charge >= 0.3 is 0 Å². The number of benzene rings is 2. The third-order valence-electron chi connectivity index (χ3n) is 4.69. The van der Waals surface area contributed by atoms with Gasteiger partial charge in [-0.15, -0.1) is 5.10 Å². The van der Waals surface area contributed by atoms with Gasteiger partial charge in [-0.3, -0.25) is 4.79 Å². The molecule has 0 radical (unpaired) electrons. The standard InChI is InChI=1S/C20H19FN4O3/c1-27-17-5-3-2-4-14(17)10-22-20(26)19-16-12-28-18(11-25(16)24-23-19)13-6-8-15(21)9-7-13/h2-9,18H,10-12H2,1H3,(H,22,26)/t18-/m0/s1. The van der Waals surface area contributed by atoms with Crippen LogP contribution in [0.1, 0.15) is 33.4 Å².